The van der Waals surface area contributed by atoms with Gasteiger partial charge in [0.15, 0.2) is 6.61 Å². The molecule has 0 atom stereocenters. The topological polar surface area (TPSA) is 67.4 Å². The van der Waals surface area contributed by atoms with E-state index in [1.165, 1.54) is 0 Å². The molecule has 0 aliphatic rings. The molecule has 3 rings (SSSR count). The molecular weight excluding hydrogens is 388 g/mol. The van der Waals surface area contributed by atoms with Gasteiger partial charge in [-0.1, -0.05) is 60.1 Å². The summed E-state index contributed by atoms with van der Waals surface area (Å²) in [6, 6.07) is 23.8. The van der Waals surface area contributed by atoms with Gasteiger partial charge in [0.1, 0.15) is 5.75 Å². The summed E-state index contributed by atoms with van der Waals surface area (Å²) in [6.07, 6.45) is 1.05. The summed E-state index contributed by atoms with van der Waals surface area (Å²) in [5.74, 6) is 0.0422. The van der Waals surface area contributed by atoms with Crippen molar-refractivity contribution in [2.24, 2.45) is 0 Å². The Hall–Kier alpha value is -3.31. The van der Waals surface area contributed by atoms with E-state index in [1.54, 1.807) is 48.5 Å². The van der Waals surface area contributed by atoms with Crippen LogP contribution < -0.4 is 15.4 Å². The number of carbonyl (C=O) groups excluding carboxylic acids is 2. The summed E-state index contributed by atoms with van der Waals surface area (Å²) in [5, 5.41) is 6.04. The van der Waals surface area contributed by atoms with Crippen LogP contribution in [0.5, 0.6) is 5.75 Å². The molecule has 148 valence electrons. The van der Waals surface area contributed by atoms with Crippen LogP contribution in [0.3, 0.4) is 0 Å². The third-order valence-electron chi connectivity index (χ3n) is 4.11. The molecule has 29 heavy (non-hydrogen) atoms. The highest BCUT2D eigenvalue weighted by Crippen LogP contribution is 2.23. The summed E-state index contributed by atoms with van der Waals surface area (Å²) in [7, 11) is 0. The Kier molecular flexibility index (Phi) is 7.25. The van der Waals surface area contributed by atoms with Crippen LogP contribution in [-0.4, -0.2) is 18.4 Å². The zero-order valence-electron chi connectivity index (χ0n) is 15.7. The van der Waals surface area contributed by atoms with E-state index in [1.807, 2.05) is 30.3 Å². The molecule has 0 radical (unpaired) electrons. The first kappa shape index (κ1) is 20.4. The van der Waals surface area contributed by atoms with Crippen molar-refractivity contribution in [1.29, 1.82) is 0 Å². The maximum absolute atomic E-state index is 12.2. The van der Waals surface area contributed by atoms with Gasteiger partial charge in [-0.15, -0.1) is 0 Å². The molecular formula is C23H21ClN2O3. The van der Waals surface area contributed by atoms with Crippen molar-refractivity contribution in [1.82, 2.24) is 0 Å². The highest BCUT2D eigenvalue weighted by Gasteiger charge is 2.08. The first-order valence-corrected chi connectivity index (χ1v) is 9.59. The lowest BCUT2D eigenvalue weighted by atomic mass is 10.1. The van der Waals surface area contributed by atoms with Crippen molar-refractivity contribution in [3.8, 4) is 5.75 Å². The minimum absolute atomic E-state index is 0.0839. The Bertz CT molecular complexity index is 977. The number of rotatable bonds is 8. The van der Waals surface area contributed by atoms with E-state index in [4.69, 9.17) is 16.3 Å². The largest absolute Gasteiger partial charge is 0.482 e. The van der Waals surface area contributed by atoms with Gasteiger partial charge >= 0.3 is 0 Å². The van der Waals surface area contributed by atoms with Crippen molar-refractivity contribution >= 4 is 34.8 Å². The Labute approximate surface area is 174 Å². The fourth-order valence-electron chi connectivity index (χ4n) is 2.70. The Morgan fingerprint density at radius 2 is 1.45 bits per heavy atom. The van der Waals surface area contributed by atoms with Crippen LogP contribution in [0.4, 0.5) is 11.4 Å². The van der Waals surface area contributed by atoms with E-state index in [0.717, 1.165) is 5.56 Å². The normalized spacial score (nSPS) is 10.2. The monoisotopic (exact) mass is 408 g/mol. The fourth-order valence-corrected chi connectivity index (χ4v) is 2.89. The highest BCUT2D eigenvalue weighted by atomic mass is 35.5. The standard InChI is InChI=1S/C23H21ClN2O3/c24-20-11-4-5-12-21(20)29-16-23(28)26-19-10-6-9-18(15-19)25-22(27)14-13-17-7-2-1-3-8-17/h1-12,15H,13-14,16H2,(H,25,27)(H,26,28). The van der Waals surface area contributed by atoms with Crippen molar-refractivity contribution in [2.75, 3.05) is 17.2 Å². The lowest BCUT2D eigenvalue weighted by molar-refractivity contribution is -0.118. The minimum Gasteiger partial charge on any atom is -0.482 e. The van der Waals surface area contributed by atoms with E-state index in [-0.39, 0.29) is 18.4 Å². The van der Waals surface area contributed by atoms with Crippen LogP contribution in [0.1, 0.15) is 12.0 Å². The number of carbonyl (C=O) groups is 2. The molecule has 0 unspecified atom stereocenters. The fraction of sp³-hybridized carbons (Fsp3) is 0.130. The predicted octanol–water partition coefficient (Wildman–Crippen LogP) is 4.93. The number of hydrogen-bond donors (Lipinski definition) is 2. The van der Waals surface area contributed by atoms with Gasteiger partial charge in [-0.05, 0) is 42.3 Å². The molecule has 0 aromatic heterocycles. The van der Waals surface area contributed by atoms with Gasteiger partial charge in [0, 0.05) is 17.8 Å². The van der Waals surface area contributed by atoms with Crippen molar-refractivity contribution in [3.05, 3.63) is 89.4 Å². The number of halogens is 1. The average molecular weight is 409 g/mol. The second kappa shape index (κ2) is 10.3. The number of amides is 2. The van der Waals surface area contributed by atoms with E-state index in [0.29, 0.717) is 35.0 Å². The molecule has 0 aliphatic heterocycles. The summed E-state index contributed by atoms with van der Waals surface area (Å²) in [4.78, 5) is 24.3. The SMILES string of the molecule is O=C(CCc1ccccc1)Nc1cccc(NC(=O)COc2ccccc2Cl)c1. The van der Waals surface area contributed by atoms with E-state index < -0.39 is 0 Å². The van der Waals surface area contributed by atoms with Crippen molar-refractivity contribution < 1.29 is 14.3 Å². The van der Waals surface area contributed by atoms with Gasteiger partial charge < -0.3 is 15.4 Å². The van der Waals surface area contributed by atoms with Gasteiger partial charge in [0.25, 0.3) is 5.91 Å². The molecule has 0 saturated heterocycles. The minimum atomic E-state index is -0.322. The van der Waals surface area contributed by atoms with Gasteiger partial charge in [0.05, 0.1) is 5.02 Å². The molecule has 2 amide bonds. The lowest BCUT2D eigenvalue weighted by Crippen LogP contribution is -2.20. The molecule has 0 aliphatic carbocycles. The molecule has 3 aromatic rings. The molecule has 0 heterocycles. The van der Waals surface area contributed by atoms with Crippen LogP contribution >= 0.6 is 11.6 Å². The average Bonchev–Trinajstić information content (AvgIpc) is 2.73. The molecule has 2 N–H and O–H groups in total. The molecule has 0 saturated carbocycles. The lowest BCUT2D eigenvalue weighted by Gasteiger charge is -2.10. The summed E-state index contributed by atoms with van der Waals surface area (Å²) >= 11 is 6.00. The summed E-state index contributed by atoms with van der Waals surface area (Å²) in [6.45, 7) is -0.169. The maximum atomic E-state index is 12.2. The second-order valence-corrected chi connectivity index (χ2v) is 6.79. The van der Waals surface area contributed by atoms with Gasteiger partial charge in [-0.25, -0.2) is 0 Å². The number of benzene rings is 3. The van der Waals surface area contributed by atoms with Crippen LogP contribution in [0.25, 0.3) is 0 Å². The Morgan fingerprint density at radius 3 is 2.17 bits per heavy atom. The van der Waals surface area contributed by atoms with Crippen LogP contribution in [0.2, 0.25) is 5.02 Å². The van der Waals surface area contributed by atoms with Gasteiger partial charge in [-0.3, -0.25) is 9.59 Å². The molecule has 0 spiro atoms. The zero-order valence-corrected chi connectivity index (χ0v) is 16.5. The summed E-state index contributed by atoms with van der Waals surface area (Å²) in [5.41, 5.74) is 2.30. The maximum Gasteiger partial charge on any atom is 0.262 e. The molecule has 0 bridgehead atoms. The molecule has 6 heteroatoms. The van der Waals surface area contributed by atoms with E-state index in [9.17, 15) is 9.59 Å². The van der Waals surface area contributed by atoms with Crippen LogP contribution in [0.15, 0.2) is 78.9 Å². The second-order valence-electron chi connectivity index (χ2n) is 6.38. The highest BCUT2D eigenvalue weighted by molar-refractivity contribution is 6.32. The first-order valence-electron chi connectivity index (χ1n) is 9.21. The predicted molar refractivity (Wildman–Crippen MR) is 115 cm³/mol. The van der Waals surface area contributed by atoms with Gasteiger partial charge in [0.2, 0.25) is 5.91 Å². The van der Waals surface area contributed by atoms with Gasteiger partial charge in [-0.2, -0.15) is 0 Å². The smallest absolute Gasteiger partial charge is 0.262 e. The summed E-state index contributed by atoms with van der Waals surface area (Å²) < 4.78 is 5.43. The number of ether oxygens (including phenoxy) is 1. The first-order chi connectivity index (χ1) is 14.1. The molecule has 3 aromatic carbocycles. The third-order valence-corrected chi connectivity index (χ3v) is 4.42. The third kappa shape index (κ3) is 6.66. The number of para-hydroxylation sites is 1. The van der Waals surface area contributed by atoms with Crippen LogP contribution in [0, 0.1) is 0 Å². The number of anilines is 2. The number of aryl methyl sites for hydroxylation is 1. The number of nitrogens with one attached hydrogen (secondary N) is 2. The van der Waals surface area contributed by atoms with E-state index in [2.05, 4.69) is 10.6 Å². The zero-order chi connectivity index (χ0) is 20.5. The molecule has 5 nitrogen and oxygen atoms in total. The molecule has 0 fully saturated rings. The van der Waals surface area contributed by atoms with Crippen LogP contribution in [-0.2, 0) is 16.0 Å². The van der Waals surface area contributed by atoms with Crippen molar-refractivity contribution in [3.63, 3.8) is 0 Å². The Morgan fingerprint density at radius 1 is 0.793 bits per heavy atom. The van der Waals surface area contributed by atoms with E-state index >= 15 is 0 Å². The number of hydrogen-bond acceptors (Lipinski definition) is 3. The van der Waals surface area contributed by atoms with Crippen molar-refractivity contribution in [2.45, 2.75) is 12.8 Å². The Balaban J connectivity index is 1.49. The quantitative estimate of drug-likeness (QED) is 0.555.